The molecular formula is C12H22O6. The topological polar surface area (TPSA) is 71.1 Å². The molecule has 18 heavy (non-hydrogen) atoms. The Balaban J connectivity index is 4.57. The normalized spacial score (nSPS) is 15.8. The molecule has 1 unspecified atom stereocenters. The minimum absolute atomic E-state index is 0.0261. The summed E-state index contributed by atoms with van der Waals surface area (Å²) in [5.74, 6) is -0.414. The lowest BCUT2D eigenvalue weighted by Gasteiger charge is -2.25. The van der Waals surface area contributed by atoms with Gasteiger partial charge in [-0.3, -0.25) is 0 Å². The average molecular weight is 262 g/mol. The van der Waals surface area contributed by atoms with Crippen LogP contribution in [0.1, 0.15) is 19.8 Å². The van der Waals surface area contributed by atoms with Gasteiger partial charge in [0.1, 0.15) is 13.1 Å². The van der Waals surface area contributed by atoms with E-state index in [0.29, 0.717) is 12.8 Å². The molecule has 6 heteroatoms. The monoisotopic (exact) mass is 262 g/mol. The Morgan fingerprint density at radius 2 is 1.94 bits per heavy atom. The number of ether oxygens (including phenoxy) is 4. The van der Waals surface area contributed by atoms with Gasteiger partial charge in [-0.25, -0.2) is 4.79 Å². The van der Waals surface area contributed by atoms with Crippen LogP contribution in [-0.2, 0) is 28.5 Å². The molecule has 0 aliphatic carbocycles. The molecule has 0 radical (unpaired) electrons. The lowest BCUT2D eigenvalue weighted by atomic mass is 9.97. The molecule has 0 aromatic rings. The van der Waals surface area contributed by atoms with Crippen molar-refractivity contribution in [2.45, 2.75) is 32.0 Å². The van der Waals surface area contributed by atoms with Crippen molar-refractivity contribution in [1.29, 1.82) is 0 Å². The summed E-state index contributed by atoms with van der Waals surface area (Å²) >= 11 is 0. The maximum atomic E-state index is 11.6. The predicted molar refractivity (Wildman–Crippen MR) is 64.0 cm³/mol. The summed E-state index contributed by atoms with van der Waals surface area (Å²) in [7, 11) is 4.24. The number of carbonyl (C=O) groups is 2. The molecule has 0 spiro atoms. The smallest absolute Gasteiger partial charge is 0.337 e. The Bertz CT molecular complexity index is 243. The van der Waals surface area contributed by atoms with E-state index >= 15 is 0 Å². The third kappa shape index (κ3) is 6.09. The van der Waals surface area contributed by atoms with Crippen molar-refractivity contribution in [3.8, 4) is 0 Å². The summed E-state index contributed by atoms with van der Waals surface area (Å²) in [6.45, 7) is 1.88. The zero-order valence-electron chi connectivity index (χ0n) is 11.4. The molecule has 0 bridgehead atoms. The standard InChI is InChI=1S/C12H22O6/c1-9(5-6-13)7-10(16-3)11(12(14)17-4)18-8-15-2/h6,9-11H,5,7-8H2,1-4H3/t9-,10?,11+/m1/s1. The highest BCUT2D eigenvalue weighted by molar-refractivity contribution is 5.75. The van der Waals surface area contributed by atoms with Gasteiger partial charge < -0.3 is 23.7 Å². The quantitative estimate of drug-likeness (QED) is 0.329. The Morgan fingerprint density at radius 3 is 2.39 bits per heavy atom. The van der Waals surface area contributed by atoms with Crippen molar-refractivity contribution in [2.24, 2.45) is 5.92 Å². The van der Waals surface area contributed by atoms with E-state index in [1.54, 1.807) is 0 Å². The van der Waals surface area contributed by atoms with Crippen LogP contribution in [0.15, 0.2) is 0 Å². The summed E-state index contributed by atoms with van der Waals surface area (Å²) in [4.78, 5) is 22.0. The molecule has 0 N–H and O–H groups in total. The van der Waals surface area contributed by atoms with Crippen molar-refractivity contribution in [2.75, 3.05) is 28.1 Å². The molecule has 0 rings (SSSR count). The second-order valence-electron chi connectivity index (χ2n) is 4.03. The Kier molecular flexibility index (Phi) is 9.45. The summed E-state index contributed by atoms with van der Waals surface area (Å²) < 4.78 is 20.0. The van der Waals surface area contributed by atoms with Crippen molar-refractivity contribution >= 4 is 12.3 Å². The summed E-state index contributed by atoms with van der Waals surface area (Å²) in [6, 6.07) is 0. The second kappa shape index (κ2) is 9.99. The largest absolute Gasteiger partial charge is 0.467 e. The van der Waals surface area contributed by atoms with Crippen LogP contribution in [0.3, 0.4) is 0 Å². The third-order valence-corrected chi connectivity index (χ3v) is 2.57. The van der Waals surface area contributed by atoms with E-state index in [0.717, 1.165) is 6.29 Å². The molecule has 0 fully saturated rings. The fourth-order valence-corrected chi connectivity index (χ4v) is 1.59. The first kappa shape index (κ1) is 17.0. The third-order valence-electron chi connectivity index (χ3n) is 2.57. The minimum Gasteiger partial charge on any atom is -0.467 e. The van der Waals surface area contributed by atoms with Crippen LogP contribution in [0.2, 0.25) is 0 Å². The highest BCUT2D eigenvalue weighted by Gasteiger charge is 2.31. The first-order chi connectivity index (χ1) is 8.60. The van der Waals surface area contributed by atoms with Gasteiger partial charge in [-0.05, 0) is 12.3 Å². The molecule has 0 amide bonds. The molecular weight excluding hydrogens is 240 g/mol. The van der Waals surface area contributed by atoms with Gasteiger partial charge in [0.2, 0.25) is 0 Å². The van der Waals surface area contributed by atoms with E-state index in [4.69, 9.17) is 14.2 Å². The predicted octanol–water partition coefficient (Wildman–Crippen LogP) is 0.779. The van der Waals surface area contributed by atoms with Gasteiger partial charge in [-0.2, -0.15) is 0 Å². The van der Waals surface area contributed by atoms with Crippen LogP contribution < -0.4 is 0 Å². The number of methoxy groups -OCH3 is 3. The molecule has 6 nitrogen and oxygen atoms in total. The zero-order valence-corrected chi connectivity index (χ0v) is 11.4. The molecule has 0 aromatic heterocycles. The van der Waals surface area contributed by atoms with Gasteiger partial charge in [0.25, 0.3) is 0 Å². The molecule has 0 aromatic carbocycles. The first-order valence-corrected chi connectivity index (χ1v) is 5.75. The van der Waals surface area contributed by atoms with Crippen molar-refractivity contribution in [3.63, 3.8) is 0 Å². The van der Waals surface area contributed by atoms with E-state index in [1.165, 1.54) is 21.3 Å². The SMILES string of the molecule is COCO[C@H](C(=O)OC)C(C[C@H](C)CC=O)OC. The van der Waals surface area contributed by atoms with E-state index in [9.17, 15) is 9.59 Å². The Morgan fingerprint density at radius 1 is 1.28 bits per heavy atom. The molecule has 0 aliphatic rings. The summed E-state index contributed by atoms with van der Waals surface area (Å²) in [5, 5.41) is 0. The Labute approximate surface area is 108 Å². The molecule has 106 valence electrons. The van der Waals surface area contributed by atoms with Crippen molar-refractivity contribution in [3.05, 3.63) is 0 Å². The summed E-state index contributed by atoms with van der Waals surface area (Å²) in [6.07, 6.45) is 0.466. The highest BCUT2D eigenvalue weighted by Crippen LogP contribution is 2.17. The molecule has 0 heterocycles. The van der Waals surface area contributed by atoms with Gasteiger partial charge in [0.05, 0.1) is 13.2 Å². The van der Waals surface area contributed by atoms with Crippen LogP contribution in [0, 0.1) is 5.92 Å². The average Bonchev–Trinajstić information content (AvgIpc) is 2.37. The van der Waals surface area contributed by atoms with Gasteiger partial charge in [-0.15, -0.1) is 0 Å². The zero-order chi connectivity index (χ0) is 14.0. The number of hydrogen-bond acceptors (Lipinski definition) is 6. The molecule has 0 saturated heterocycles. The van der Waals surface area contributed by atoms with Gasteiger partial charge in [0.15, 0.2) is 6.10 Å². The number of hydrogen-bond donors (Lipinski definition) is 0. The van der Waals surface area contributed by atoms with Gasteiger partial charge in [-0.1, -0.05) is 6.92 Å². The van der Waals surface area contributed by atoms with Crippen LogP contribution in [0.5, 0.6) is 0 Å². The lowest BCUT2D eigenvalue weighted by molar-refractivity contribution is -0.177. The molecule has 0 aliphatic heterocycles. The van der Waals surface area contributed by atoms with Crippen LogP contribution in [0.4, 0.5) is 0 Å². The lowest BCUT2D eigenvalue weighted by Crippen LogP contribution is -2.40. The second-order valence-corrected chi connectivity index (χ2v) is 4.03. The van der Waals surface area contributed by atoms with Crippen molar-refractivity contribution < 1.29 is 28.5 Å². The fourth-order valence-electron chi connectivity index (χ4n) is 1.59. The molecule has 3 atom stereocenters. The fraction of sp³-hybridized carbons (Fsp3) is 0.833. The van der Waals surface area contributed by atoms with E-state index in [1.807, 2.05) is 6.92 Å². The van der Waals surface area contributed by atoms with Crippen molar-refractivity contribution in [1.82, 2.24) is 0 Å². The Hall–Kier alpha value is -0.980. The van der Waals surface area contributed by atoms with E-state index in [2.05, 4.69) is 4.74 Å². The van der Waals surface area contributed by atoms with E-state index < -0.39 is 18.2 Å². The van der Waals surface area contributed by atoms with Gasteiger partial charge in [0, 0.05) is 20.6 Å². The number of aldehydes is 1. The first-order valence-electron chi connectivity index (χ1n) is 5.75. The highest BCUT2D eigenvalue weighted by atomic mass is 16.7. The van der Waals surface area contributed by atoms with Gasteiger partial charge >= 0.3 is 5.97 Å². The number of esters is 1. The molecule has 0 saturated carbocycles. The van der Waals surface area contributed by atoms with Crippen LogP contribution in [0.25, 0.3) is 0 Å². The van der Waals surface area contributed by atoms with Crippen LogP contribution in [-0.4, -0.2) is 52.6 Å². The maximum Gasteiger partial charge on any atom is 0.337 e. The maximum absolute atomic E-state index is 11.6. The summed E-state index contributed by atoms with van der Waals surface area (Å²) in [5.41, 5.74) is 0. The van der Waals surface area contributed by atoms with Crippen LogP contribution >= 0.6 is 0 Å². The minimum atomic E-state index is -0.853. The number of carbonyl (C=O) groups excluding carboxylic acids is 2. The van der Waals surface area contributed by atoms with E-state index in [-0.39, 0.29) is 12.7 Å². The number of rotatable bonds is 10.